The van der Waals surface area contributed by atoms with Crippen LogP contribution < -0.4 is 5.32 Å². The summed E-state index contributed by atoms with van der Waals surface area (Å²) in [4.78, 5) is 11.0. The minimum absolute atomic E-state index is 0.180. The molecule has 0 aromatic heterocycles. The zero-order valence-electron chi connectivity index (χ0n) is 9.40. The predicted molar refractivity (Wildman–Crippen MR) is 58.3 cm³/mol. The van der Waals surface area contributed by atoms with Crippen LogP contribution in [0.5, 0.6) is 0 Å². The van der Waals surface area contributed by atoms with Crippen molar-refractivity contribution >= 4 is 5.97 Å². The summed E-state index contributed by atoms with van der Waals surface area (Å²) < 4.78 is 4.61. The number of ether oxygens (including phenoxy) is 1. The Hall–Kier alpha value is -0.830. The third kappa shape index (κ3) is 2.23. The van der Waals surface area contributed by atoms with Gasteiger partial charge in [-0.15, -0.1) is 0 Å². The molecule has 3 heteroatoms. The lowest BCUT2D eigenvalue weighted by Crippen LogP contribution is -2.38. The number of hydrogen-bond acceptors (Lipinski definition) is 3. The first-order chi connectivity index (χ1) is 7.20. The average Bonchev–Trinajstić information content (AvgIpc) is 2.86. The van der Waals surface area contributed by atoms with Gasteiger partial charge in [0.15, 0.2) is 0 Å². The van der Waals surface area contributed by atoms with Gasteiger partial charge in [0.1, 0.15) is 0 Å². The van der Waals surface area contributed by atoms with E-state index in [1.807, 2.05) is 0 Å². The molecule has 0 amide bonds. The molecule has 1 N–H and O–H groups in total. The third-order valence-corrected chi connectivity index (χ3v) is 3.77. The summed E-state index contributed by atoms with van der Waals surface area (Å²) in [7, 11) is 1.43. The highest BCUT2D eigenvalue weighted by Crippen LogP contribution is 2.44. The van der Waals surface area contributed by atoms with Gasteiger partial charge >= 0.3 is 5.97 Å². The molecule has 0 aromatic rings. The van der Waals surface area contributed by atoms with Gasteiger partial charge in [0, 0.05) is 6.04 Å². The maximum absolute atomic E-state index is 11.0. The van der Waals surface area contributed by atoms with Gasteiger partial charge in [0.2, 0.25) is 0 Å². The normalized spacial score (nSPS) is 34.4. The van der Waals surface area contributed by atoms with Crippen molar-refractivity contribution in [1.29, 1.82) is 0 Å². The summed E-state index contributed by atoms with van der Waals surface area (Å²) in [6.07, 6.45) is 7.27. The van der Waals surface area contributed by atoms with Crippen LogP contribution in [-0.2, 0) is 9.53 Å². The molecule has 84 valence electrons. The van der Waals surface area contributed by atoms with Crippen LogP contribution in [0.3, 0.4) is 0 Å². The van der Waals surface area contributed by atoms with Gasteiger partial charge in [0.05, 0.1) is 13.7 Å². The Morgan fingerprint density at radius 2 is 2.33 bits per heavy atom. The number of methoxy groups -OCH3 is 1. The molecule has 4 unspecified atom stereocenters. The molecule has 0 heterocycles. The smallest absolute Gasteiger partial charge is 0.319 e. The van der Waals surface area contributed by atoms with E-state index in [0.717, 1.165) is 11.8 Å². The fourth-order valence-corrected chi connectivity index (χ4v) is 2.87. The van der Waals surface area contributed by atoms with Crippen LogP contribution in [-0.4, -0.2) is 25.7 Å². The molecule has 15 heavy (non-hydrogen) atoms. The Kier molecular flexibility index (Phi) is 3.10. The number of nitrogens with one attached hydrogen (secondary N) is 1. The molecule has 0 radical (unpaired) electrons. The van der Waals surface area contributed by atoms with Gasteiger partial charge in [0.25, 0.3) is 0 Å². The summed E-state index contributed by atoms with van der Waals surface area (Å²) in [6.45, 7) is 2.50. The van der Waals surface area contributed by atoms with Crippen LogP contribution in [0.25, 0.3) is 0 Å². The van der Waals surface area contributed by atoms with E-state index in [9.17, 15) is 4.79 Å². The van der Waals surface area contributed by atoms with Gasteiger partial charge in [-0.3, -0.25) is 4.79 Å². The fraction of sp³-hybridized carbons (Fsp3) is 0.750. The number of hydrogen-bond donors (Lipinski definition) is 1. The molecule has 1 saturated carbocycles. The Morgan fingerprint density at radius 3 is 2.87 bits per heavy atom. The number of carbonyl (C=O) groups is 1. The second-order valence-electron chi connectivity index (χ2n) is 4.69. The van der Waals surface area contributed by atoms with Crippen molar-refractivity contribution in [3.8, 4) is 0 Å². The van der Waals surface area contributed by atoms with E-state index in [1.165, 1.54) is 20.0 Å². The second-order valence-corrected chi connectivity index (χ2v) is 4.69. The SMILES string of the molecule is COC(=O)CNC(C)C1CC2C=CC1C2. The largest absolute Gasteiger partial charge is 0.468 e. The highest BCUT2D eigenvalue weighted by atomic mass is 16.5. The lowest BCUT2D eigenvalue weighted by molar-refractivity contribution is -0.139. The average molecular weight is 209 g/mol. The topological polar surface area (TPSA) is 38.3 Å². The highest BCUT2D eigenvalue weighted by molar-refractivity contribution is 5.71. The Bertz CT molecular complexity index is 275. The van der Waals surface area contributed by atoms with Crippen molar-refractivity contribution in [2.45, 2.75) is 25.8 Å². The predicted octanol–water partition coefficient (Wildman–Crippen LogP) is 1.35. The molecular weight excluding hydrogens is 190 g/mol. The quantitative estimate of drug-likeness (QED) is 0.561. The van der Waals surface area contributed by atoms with E-state index in [2.05, 4.69) is 29.1 Å². The monoisotopic (exact) mass is 209 g/mol. The molecule has 2 aliphatic rings. The van der Waals surface area contributed by atoms with Crippen LogP contribution >= 0.6 is 0 Å². The van der Waals surface area contributed by atoms with Gasteiger partial charge < -0.3 is 10.1 Å². The summed E-state index contributed by atoms with van der Waals surface area (Å²) >= 11 is 0. The van der Waals surface area contributed by atoms with Crippen molar-refractivity contribution in [2.75, 3.05) is 13.7 Å². The van der Waals surface area contributed by atoms with Crippen molar-refractivity contribution in [2.24, 2.45) is 17.8 Å². The van der Waals surface area contributed by atoms with Gasteiger partial charge in [-0.2, -0.15) is 0 Å². The maximum Gasteiger partial charge on any atom is 0.319 e. The van der Waals surface area contributed by atoms with Crippen LogP contribution in [0.4, 0.5) is 0 Å². The van der Waals surface area contributed by atoms with Crippen molar-refractivity contribution in [3.63, 3.8) is 0 Å². The van der Waals surface area contributed by atoms with Gasteiger partial charge in [-0.25, -0.2) is 0 Å². The third-order valence-electron chi connectivity index (χ3n) is 3.77. The number of esters is 1. The zero-order chi connectivity index (χ0) is 10.8. The number of fused-ring (bicyclic) bond motifs is 2. The van der Waals surface area contributed by atoms with Crippen molar-refractivity contribution in [3.05, 3.63) is 12.2 Å². The number of rotatable bonds is 4. The molecule has 2 aliphatic carbocycles. The molecular formula is C12H19NO2. The van der Waals surface area contributed by atoms with E-state index in [-0.39, 0.29) is 5.97 Å². The first kappa shape index (κ1) is 10.7. The standard InChI is InChI=1S/C12H19NO2/c1-8(13-7-12(14)15-2)11-6-9-3-4-10(11)5-9/h3-4,8-11,13H,5-7H2,1-2H3. The van der Waals surface area contributed by atoms with Crippen LogP contribution in [0.1, 0.15) is 19.8 Å². The maximum atomic E-state index is 11.0. The summed E-state index contributed by atoms with van der Waals surface area (Å²) in [5.41, 5.74) is 0. The lowest BCUT2D eigenvalue weighted by Gasteiger charge is -2.25. The molecule has 3 nitrogen and oxygen atoms in total. The lowest BCUT2D eigenvalue weighted by atomic mass is 9.87. The van der Waals surface area contributed by atoms with E-state index < -0.39 is 0 Å². The molecule has 4 atom stereocenters. The fourth-order valence-electron chi connectivity index (χ4n) is 2.87. The molecule has 0 saturated heterocycles. The van der Waals surface area contributed by atoms with E-state index in [1.54, 1.807) is 0 Å². The summed E-state index contributed by atoms with van der Waals surface area (Å²) in [6, 6.07) is 0.407. The summed E-state index contributed by atoms with van der Waals surface area (Å²) in [5.74, 6) is 2.04. The Balaban J connectivity index is 1.79. The van der Waals surface area contributed by atoms with Gasteiger partial charge in [-0.05, 0) is 37.5 Å². The number of carbonyl (C=O) groups excluding carboxylic acids is 1. The molecule has 1 fully saturated rings. The first-order valence-corrected chi connectivity index (χ1v) is 5.69. The van der Waals surface area contributed by atoms with E-state index >= 15 is 0 Å². The second kappa shape index (κ2) is 4.35. The summed E-state index contributed by atoms with van der Waals surface area (Å²) in [5, 5.41) is 3.25. The van der Waals surface area contributed by atoms with Crippen LogP contribution in [0.15, 0.2) is 12.2 Å². The Morgan fingerprint density at radius 1 is 1.53 bits per heavy atom. The van der Waals surface area contributed by atoms with E-state index in [4.69, 9.17) is 0 Å². The highest BCUT2D eigenvalue weighted by Gasteiger charge is 2.38. The van der Waals surface area contributed by atoms with Crippen LogP contribution in [0.2, 0.25) is 0 Å². The van der Waals surface area contributed by atoms with Crippen molar-refractivity contribution < 1.29 is 9.53 Å². The van der Waals surface area contributed by atoms with E-state index in [0.29, 0.717) is 18.5 Å². The molecule has 2 bridgehead atoms. The molecule has 0 aromatic carbocycles. The van der Waals surface area contributed by atoms with Crippen LogP contribution in [0, 0.1) is 17.8 Å². The first-order valence-electron chi connectivity index (χ1n) is 5.69. The van der Waals surface area contributed by atoms with Crippen molar-refractivity contribution in [1.82, 2.24) is 5.32 Å². The van der Waals surface area contributed by atoms with Gasteiger partial charge in [-0.1, -0.05) is 12.2 Å². The zero-order valence-corrected chi connectivity index (χ0v) is 9.40. The molecule has 0 spiro atoms. The minimum Gasteiger partial charge on any atom is -0.468 e. The minimum atomic E-state index is -0.180. The molecule has 2 rings (SSSR count). The number of allylic oxidation sites excluding steroid dienone is 2. The molecule has 0 aliphatic heterocycles. The Labute approximate surface area is 90.9 Å².